The standard InChI is InChI=1S/C45H72N2O7/c1-11-45-19-17-41(9)31(42(45,10)15-14-33(39(45,6)7)54-37(52)29-20-28(36(50)51)38(29,4)5)13-12-27-35-34(26(2)3)30(48)21-44(35,18-16-40(27,41)8)32(49)22-47-23-43(46)24-53-25-43/h26-29,31-33,47,49H,11-25,46H2,1-10H3,(H,50,51)/t27?,28-,29+,31-,32-,33-,40+,41+,42+,44?,45-/m0/s1. The van der Waals surface area contributed by atoms with E-state index in [2.05, 4.69) is 60.7 Å². The molecule has 1 saturated heterocycles. The van der Waals surface area contributed by atoms with Gasteiger partial charge in [0.2, 0.25) is 0 Å². The van der Waals surface area contributed by atoms with Crippen LogP contribution in [0.5, 0.6) is 0 Å². The number of Topliss-reactive ketones (excluding diaryl/α,β-unsaturated/α-hetero) is 1. The number of aliphatic hydroxyl groups excluding tert-OH is 1. The molecule has 5 saturated carbocycles. The normalized spacial score (nSPS) is 44.9. The number of hydrogen-bond acceptors (Lipinski definition) is 8. The van der Waals surface area contributed by atoms with Crippen molar-refractivity contribution < 1.29 is 34.1 Å². The number of allylic oxidation sites excluding steroid dienone is 1. The van der Waals surface area contributed by atoms with E-state index in [1.165, 1.54) is 5.57 Å². The van der Waals surface area contributed by atoms with Crippen LogP contribution in [-0.4, -0.2) is 72.0 Å². The minimum Gasteiger partial charge on any atom is -0.481 e. The number of esters is 1. The van der Waals surface area contributed by atoms with Crippen LogP contribution in [0, 0.1) is 67.5 Å². The highest BCUT2D eigenvalue weighted by atomic mass is 16.5. The van der Waals surface area contributed by atoms with Crippen LogP contribution >= 0.6 is 0 Å². The number of carboxylic acid groups (broad SMARTS) is 1. The number of nitrogens with one attached hydrogen (secondary N) is 1. The average Bonchev–Trinajstić information content (AvgIpc) is 3.38. The van der Waals surface area contributed by atoms with E-state index in [0.29, 0.717) is 45.1 Å². The van der Waals surface area contributed by atoms with Crippen LogP contribution in [0.3, 0.4) is 0 Å². The lowest BCUT2D eigenvalue weighted by Crippen LogP contribution is -2.70. The Balaban J connectivity index is 1.17. The molecular formula is C45H72N2O7. The second-order valence-electron chi connectivity index (χ2n) is 21.8. The van der Waals surface area contributed by atoms with Gasteiger partial charge in [0.15, 0.2) is 5.78 Å². The third kappa shape index (κ3) is 5.17. The van der Waals surface area contributed by atoms with Crippen molar-refractivity contribution in [3.05, 3.63) is 11.1 Å². The fourth-order valence-electron chi connectivity index (χ4n) is 15.4. The summed E-state index contributed by atoms with van der Waals surface area (Å²) in [5, 5.41) is 25.3. The van der Waals surface area contributed by atoms with Gasteiger partial charge in [0.25, 0.3) is 0 Å². The summed E-state index contributed by atoms with van der Waals surface area (Å²) in [6.45, 7) is 24.9. The number of ketones is 1. The minimum absolute atomic E-state index is 0.0237. The molecule has 0 bridgehead atoms. The smallest absolute Gasteiger partial charge is 0.309 e. The van der Waals surface area contributed by atoms with Crippen molar-refractivity contribution in [1.82, 2.24) is 5.32 Å². The van der Waals surface area contributed by atoms with Gasteiger partial charge in [0.05, 0.1) is 36.7 Å². The number of carbonyl (C=O) groups excluding carboxylic acids is 2. The highest BCUT2D eigenvalue weighted by molar-refractivity contribution is 6.00. The predicted octanol–water partition coefficient (Wildman–Crippen LogP) is 7.08. The molecule has 1 heterocycles. The zero-order valence-corrected chi connectivity index (χ0v) is 35.2. The molecule has 6 fully saturated rings. The van der Waals surface area contributed by atoms with Crippen molar-refractivity contribution in [3.8, 4) is 0 Å². The number of nitrogens with two attached hydrogens (primary N) is 1. The minimum atomic E-state index is -0.829. The van der Waals surface area contributed by atoms with Crippen LogP contribution in [0.15, 0.2) is 11.1 Å². The molecular weight excluding hydrogens is 681 g/mol. The number of hydrogen-bond donors (Lipinski definition) is 4. The van der Waals surface area contributed by atoms with Gasteiger partial charge < -0.3 is 30.7 Å². The quantitative estimate of drug-likeness (QED) is 0.172. The predicted molar refractivity (Wildman–Crippen MR) is 208 cm³/mol. The molecule has 2 unspecified atom stereocenters. The average molecular weight is 753 g/mol. The second kappa shape index (κ2) is 12.8. The number of ether oxygens (including phenoxy) is 2. The maximum Gasteiger partial charge on any atom is 0.309 e. The maximum atomic E-state index is 14.1. The second-order valence-corrected chi connectivity index (χ2v) is 21.8. The third-order valence-electron chi connectivity index (χ3n) is 19.0. The van der Waals surface area contributed by atoms with E-state index in [1.807, 2.05) is 13.8 Å². The first-order valence-electron chi connectivity index (χ1n) is 21.5. The van der Waals surface area contributed by atoms with E-state index < -0.39 is 28.8 Å². The summed E-state index contributed by atoms with van der Waals surface area (Å²) in [4.78, 5) is 39.7. The lowest BCUT2D eigenvalue weighted by atomic mass is 9.29. The van der Waals surface area contributed by atoms with Crippen molar-refractivity contribution in [1.29, 1.82) is 0 Å². The van der Waals surface area contributed by atoms with Gasteiger partial charge in [-0.1, -0.05) is 74.8 Å². The highest BCUT2D eigenvalue weighted by Gasteiger charge is 2.74. The fourth-order valence-corrected chi connectivity index (χ4v) is 15.4. The Morgan fingerprint density at radius 3 is 2.17 bits per heavy atom. The van der Waals surface area contributed by atoms with Crippen molar-refractivity contribution in [2.24, 2.45) is 73.2 Å². The number of rotatable bonds is 10. The Hall–Kier alpha value is -1.81. The molecule has 0 amide bonds. The SMILES string of the molecule is CC[C@@]12CC[C@]3(C)[C@H](CCC4C5=C(C(C)C)C(=O)CC5([C@@H](O)CNCC5(N)COC5)CC[C@]43C)[C@@]1(C)CC[C@H](OC(=O)[C@H]1C[C@@H](C(=O)O)C1(C)C)C2(C)C. The third-order valence-corrected chi connectivity index (χ3v) is 19.0. The zero-order valence-electron chi connectivity index (χ0n) is 35.2. The van der Waals surface area contributed by atoms with Gasteiger partial charge in [-0.15, -0.1) is 0 Å². The van der Waals surface area contributed by atoms with Crippen LogP contribution in [0.1, 0.15) is 140 Å². The summed E-state index contributed by atoms with van der Waals surface area (Å²) in [5.41, 5.74) is 6.92. The summed E-state index contributed by atoms with van der Waals surface area (Å²) >= 11 is 0. The molecule has 6 aliphatic carbocycles. The van der Waals surface area contributed by atoms with Crippen molar-refractivity contribution >= 4 is 17.7 Å². The van der Waals surface area contributed by atoms with Gasteiger partial charge in [-0.3, -0.25) is 14.4 Å². The summed E-state index contributed by atoms with van der Waals surface area (Å²) in [7, 11) is 0. The molecule has 0 aromatic carbocycles. The Kier molecular flexibility index (Phi) is 9.61. The Labute approximate surface area is 324 Å². The van der Waals surface area contributed by atoms with Gasteiger partial charge in [-0.2, -0.15) is 0 Å². The van der Waals surface area contributed by atoms with Gasteiger partial charge in [-0.25, -0.2) is 0 Å². The highest BCUT2D eigenvalue weighted by Crippen LogP contribution is 2.80. The van der Waals surface area contributed by atoms with Crippen LogP contribution < -0.4 is 11.1 Å². The lowest BCUT2D eigenvalue weighted by molar-refractivity contribution is -0.280. The van der Waals surface area contributed by atoms with E-state index >= 15 is 0 Å². The first-order chi connectivity index (χ1) is 25.0. The molecule has 1 aliphatic heterocycles. The molecule has 0 aromatic heterocycles. The van der Waals surface area contributed by atoms with Crippen LogP contribution in [-0.2, 0) is 23.9 Å². The van der Waals surface area contributed by atoms with Crippen molar-refractivity contribution in [2.75, 3.05) is 26.3 Å². The molecule has 0 aromatic rings. The summed E-state index contributed by atoms with van der Waals surface area (Å²) in [5.74, 6) is -0.891. The van der Waals surface area contributed by atoms with E-state index in [-0.39, 0.29) is 68.2 Å². The van der Waals surface area contributed by atoms with Crippen molar-refractivity contribution in [3.63, 3.8) is 0 Å². The van der Waals surface area contributed by atoms with Gasteiger partial charge >= 0.3 is 11.9 Å². The monoisotopic (exact) mass is 753 g/mol. The molecule has 11 atom stereocenters. The molecule has 9 nitrogen and oxygen atoms in total. The van der Waals surface area contributed by atoms with Crippen LogP contribution in [0.2, 0.25) is 0 Å². The number of aliphatic carboxylic acids is 1. The van der Waals surface area contributed by atoms with Gasteiger partial charge in [0.1, 0.15) is 6.10 Å². The maximum absolute atomic E-state index is 14.1. The van der Waals surface area contributed by atoms with Gasteiger partial charge in [0, 0.05) is 30.3 Å². The number of carbonyl (C=O) groups is 3. The van der Waals surface area contributed by atoms with E-state index in [4.69, 9.17) is 15.2 Å². The van der Waals surface area contributed by atoms with E-state index in [9.17, 15) is 24.6 Å². The molecule has 0 spiro atoms. The summed E-state index contributed by atoms with van der Waals surface area (Å²) in [6.07, 6.45) is 8.78. The molecule has 304 valence electrons. The molecule has 0 radical (unpaired) electrons. The van der Waals surface area contributed by atoms with Crippen molar-refractivity contribution in [2.45, 2.75) is 158 Å². The Morgan fingerprint density at radius 1 is 0.926 bits per heavy atom. The zero-order chi connectivity index (χ0) is 39.7. The number of carboxylic acids is 1. The van der Waals surface area contributed by atoms with Crippen LogP contribution in [0.25, 0.3) is 0 Å². The van der Waals surface area contributed by atoms with E-state index in [1.54, 1.807) is 0 Å². The Morgan fingerprint density at radius 2 is 1.59 bits per heavy atom. The topological polar surface area (TPSA) is 148 Å². The fraction of sp³-hybridized carbons (Fsp3) is 0.889. The lowest BCUT2D eigenvalue weighted by Gasteiger charge is -2.76. The van der Waals surface area contributed by atoms with Gasteiger partial charge in [-0.05, 0) is 115 Å². The number of fused-ring (bicyclic) bond motifs is 7. The van der Waals surface area contributed by atoms with E-state index in [0.717, 1.165) is 63.4 Å². The first-order valence-corrected chi connectivity index (χ1v) is 21.5. The summed E-state index contributed by atoms with van der Waals surface area (Å²) < 4.78 is 11.9. The molecule has 54 heavy (non-hydrogen) atoms. The van der Waals surface area contributed by atoms with Crippen LogP contribution in [0.4, 0.5) is 0 Å². The Bertz CT molecular complexity index is 1600. The molecule has 9 heteroatoms. The number of aliphatic hydroxyl groups is 1. The largest absolute Gasteiger partial charge is 0.481 e. The molecule has 5 N–H and O–H groups in total. The summed E-state index contributed by atoms with van der Waals surface area (Å²) in [6, 6.07) is 0. The molecule has 7 rings (SSSR count). The molecule has 7 aliphatic rings. The first kappa shape index (κ1) is 40.4.